The smallest absolute Gasteiger partial charge is 0.0919 e. The monoisotopic (exact) mass is 204 g/mol. The molecule has 0 radical (unpaired) electrons. The van der Waals surface area contributed by atoms with Crippen LogP contribution in [0.1, 0.15) is 30.4 Å². The van der Waals surface area contributed by atoms with E-state index in [1.807, 2.05) is 26.2 Å². The lowest BCUT2D eigenvalue weighted by molar-refractivity contribution is 0.130. The van der Waals surface area contributed by atoms with Gasteiger partial charge in [-0.2, -0.15) is 0 Å². The summed E-state index contributed by atoms with van der Waals surface area (Å²) in [6.07, 6.45) is -0.420. The molecule has 1 aromatic rings. The van der Waals surface area contributed by atoms with E-state index in [1.165, 1.54) is 11.3 Å². The third kappa shape index (κ3) is 1.82. The van der Waals surface area contributed by atoms with Crippen LogP contribution in [0.25, 0.3) is 0 Å². The van der Waals surface area contributed by atoms with Crippen LogP contribution in [-0.2, 0) is 0 Å². The van der Waals surface area contributed by atoms with Crippen molar-refractivity contribution in [2.24, 2.45) is 5.92 Å². The number of hydrogen-bond acceptors (Lipinski definition) is 2. The average molecular weight is 205 g/mol. The third-order valence-corrected chi connectivity index (χ3v) is 3.61. The topological polar surface area (TPSA) is 20.2 Å². The van der Waals surface area contributed by atoms with Gasteiger partial charge in [-0.05, 0) is 23.8 Å². The summed E-state index contributed by atoms with van der Waals surface area (Å²) in [5, 5.41) is 12.4. The van der Waals surface area contributed by atoms with Gasteiger partial charge in [-0.3, -0.25) is 0 Å². The highest BCUT2D eigenvalue weighted by Crippen LogP contribution is 2.35. The van der Waals surface area contributed by atoms with E-state index in [2.05, 4.69) is 0 Å². The molecule has 0 aliphatic heterocycles. The van der Waals surface area contributed by atoms with Gasteiger partial charge in [0, 0.05) is 0 Å². The molecule has 1 aromatic heterocycles. The first-order valence-electron chi connectivity index (χ1n) is 3.95. The van der Waals surface area contributed by atoms with Crippen LogP contribution < -0.4 is 0 Å². The number of hydrogen-bond donors (Lipinski definition) is 1. The van der Waals surface area contributed by atoms with E-state index in [-0.39, 0.29) is 5.92 Å². The molecule has 0 amide bonds. The Morgan fingerprint density at radius 3 is 2.42 bits per heavy atom. The largest absolute Gasteiger partial charge is 0.387 e. The highest BCUT2D eigenvalue weighted by Gasteiger charge is 2.17. The van der Waals surface area contributed by atoms with Gasteiger partial charge < -0.3 is 5.11 Å². The third-order valence-electron chi connectivity index (χ3n) is 1.83. The zero-order chi connectivity index (χ0) is 9.30. The van der Waals surface area contributed by atoms with Crippen LogP contribution in [0, 0.1) is 12.8 Å². The minimum Gasteiger partial charge on any atom is -0.387 e. The van der Waals surface area contributed by atoms with E-state index >= 15 is 0 Å². The zero-order valence-corrected chi connectivity index (χ0v) is 9.04. The summed E-state index contributed by atoms with van der Waals surface area (Å²) in [6, 6.07) is 0. The summed E-state index contributed by atoms with van der Waals surface area (Å²) in [5.41, 5.74) is 1.05. The maximum absolute atomic E-state index is 9.72. The van der Waals surface area contributed by atoms with E-state index in [0.29, 0.717) is 0 Å². The fraction of sp³-hybridized carbons (Fsp3) is 0.556. The molecule has 1 rings (SSSR count). The highest BCUT2D eigenvalue weighted by atomic mass is 35.5. The summed E-state index contributed by atoms with van der Waals surface area (Å²) in [6.45, 7) is 5.92. The molecule has 0 spiro atoms. The lowest BCUT2D eigenvalue weighted by Gasteiger charge is -2.12. The number of aliphatic hydroxyl groups excluding tert-OH is 1. The van der Waals surface area contributed by atoms with Gasteiger partial charge in [0.05, 0.1) is 16.0 Å². The van der Waals surface area contributed by atoms with Gasteiger partial charge in [0.25, 0.3) is 0 Å². The quantitative estimate of drug-likeness (QED) is 0.783. The molecule has 0 aliphatic rings. The van der Waals surface area contributed by atoms with Crippen molar-refractivity contribution in [1.29, 1.82) is 0 Å². The van der Waals surface area contributed by atoms with Crippen molar-refractivity contribution in [2.75, 3.05) is 0 Å². The first-order valence-corrected chi connectivity index (χ1v) is 5.21. The van der Waals surface area contributed by atoms with Crippen LogP contribution in [-0.4, -0.2) is 5.11 Å². The Kier molecular flexibility index (Phi) is 3.16. The van der Waals surface area contributed by atoms with Gasteiger partial charge in [0.2, 0.25) is 0 Å². The predicted octanol–water partition coefficient (Wildman–Crippen LogP) is 3.40. The maximum Gasteiger partial charge on any atom is 0.0919 e. The molecule has 0 fully saturated rings. The fourth-order valence-corrected chi connectivity index (χ4v) is 2.41. The summed E-state index contributed by atoms with van der Waals surface area (Å²) >= 11 is 7.53. The first-order chi connectivity index (χ1) is 5.54. The van der Waals surface area contributed by atoms with E-state index in [4.69, 9.17) is 11.6 Å². The van der Waals surface area contributed by atoms with Gasteiger partial charge in [-0.25, -0.2) is 0 Å². The summed E-state index contributed by atoms with van der Waals surface area (Å²) < 4.78 is 0. The van der Waals surface area contributed by atoms with Gasteiger partial charge >= 0.3 is 0 Å². The van der Waals surface area contributed by atoms with Crippen LogP contribution >= 0.6 is 22.9 Å². The number of thiophene rings is 1. The second-order valence-corrected chi connectivity index (χ2v) is 4.57. The van der Waals surface area contributed by atoms with Gasteiger partial charge in [-0.1, -0.05) is 25.4 Å². The van der Waals surface area contributed by atoms with Crippen molar-refractivity contribution >= 4 is 22.9 Å². The van der Waals surface area contributed by atoms with Gasteiger partial charge in [0.15, 0.2) is 0 Å². The minimum atomic E-state index is -0.420. The standard InChI is InChI=1S/C9H13ClOS/c1-5(2)8(11)9-7(10)6(3)4-12-9/h4-5,8,11H,1-3H3. The minimum absolute atomic E-state index is 0.223. The van der Waals surface area contributed by atoms with Crippen molar-refractivity contribution in [3.63, 3.8) is 0 Å². The Bertz CT molecular complexity index is 267. The molecule has 1 atom stereocenters. The summed E-state index contributed by atoms with van der Waals surface area (Å²) in [5.74, 6) is 0.223. The number of aliphatic hydroxyl groups is 1. The summed E-state index contributed by atoms with van der Waals surface area (Å²) in [4.78, 5) is 0.893. The maximum atomic E-state index is 9.72. The van der Waals surface area contributed by atoms with Gasteiger partial charge in [-0.15, -0.1) is 11.3 Å². The molecular weight excluding hydrogens is 192 g/mol. The number of rotatable bonds is 2. The van der Waals surface area contributed by atoms with E-state index in [0.717, 1.165) is 15.5 Å². The summed E-state index contributed by atoms with van der Waals surface area (Å²) in [7, 11) is 0. The van der Waals surface area contributed by atoms with Crippen LogP contribution in [0.4, 0.5) is 0 Å². The Balaban J connectivity index is 2.95. The average Bonchev–Trinajstić information content (AvgIpc) is 2.32. The first kappa shape index (κ1) is 10.0. The zero-order valence-electron chi connectivity index (χ0n) is 7.47. The molecule has 0 bridgehead atoms. The molecule has 0 saturated carbocycles. The van der Waals surface area contributed by atoms with E-state index in [1.54, 1.807) is 0 Å². The van der Waals surface area contributed by atoms with Crippen molar-refractivity contribution in [3.8, 4) is 0 Å². The number of halogens is 1. The van der Waals surface area contributed by atoms with Crippen LogP contribution in [0.15, 0.2) is 5.38 Å². The molecule has 1 N–H and O–H groups in total. The molecule has 1 unspecified atom stereocenters. The molecule has 0 aliphatic carbocycles. The predicted molar refractivity (Wildman–Crippen MR) is 53.9 cm³/mol. The lowest BCUT2D eigenvalue weighted by Crippen LogP contribution is -2.03. The van der Waals surface area contributed by atoms with Crippen molar-refractivity contribution in [1.82, 2.24) is 0 Å². The Morgan fingerprint density at radius 2 is 2.08 bits per heavy atom. The second kappa shape index (κ2) is 3.77. The Hall–Kier alpha value is -0.0500. The van der Waals surface area contributed by atoms with Crippen LogP contribution in [0.5, 0.6) is 0 Å². The molecule has 1 nitrogen and oxygen atoms in total. The SMILES string of the molecule is Cc1csc(C(O)C(C)C)c1Cl. The van der Waals surface area contributed by atoms with Crippen LogP contribution in [0.2, 0.25) is 5.02 Å². The van der Waals surface area contributed by atoms with Crippen molar-refractivity contribution in [2.45, 2.75) is 26.9 Å². The molecule has 0 saturated heterocycles. The second-order valence-electron chi connectivity index (χ2n) is 3.29. The highest BCUT2D eigenvalue weighted by molar-refractivity contribution is 7.10. The van der Waals surface area contributed by atoms with Crippen molar-refractivity contribution < 1.29 is 5.11 Å². The molecule has 1 heterocycles. The van der Waals surface area contributed by atoms with Crippen LogP contribution in [0.3, 0.4) is 0 Å². The molecule has 0 aromatic carbocycles. The van der Waals surface area contributed by atoms with Crippen molar-refractivity contribution in [3.05, 3.63) is 20.8 Å². The molecule has 12 heavy (non-hydrogen) atoms. The Morgan fingerprint density at radius 1 is 1.50 bits per heavy atom. The van der Waals surface area contributed by atoms with E-state index < -0.39 is 6.10 Å². The molecule has 68 valence electrons. The number of aryl methyl sites for hydroxylation is 1. The van der Waals surface area contributed by atoms with E-state index in [9.17, 15) is 5.11 Å². The molecule has 3 heteroatoms. The lowest BCUT2D eigenvalue weighted by atomic mass is 10.1. The molecular formula is C9H13ClOS. The normalized spacial score (nSPS) is 13.8. The Labute approximate surface area is 82.0 Å². The fourth-order valence-electron chi connectivity index (χ4n) is 0.952. The van der Waals surface area contributed by atoms with Gasteiger partial charge in [0.1, 0.15) is 0 Å².